The zero-order chi connectivity index (χ0) is 9.84. The van der Waals surface area contributed by atoms with Crippen molar-refractivity contribution in [3.8, 4) is 0 Å². The topological polar surface area (TPSA) is 51.4 Å². The fraction of sp³-hybridized carbons (Fsp3) is 0.625. The summed E-state index contributed by atoms with van der Waals surface area (Å²) in [4.78, 5) is 12.2. The van der Waals surface area contributed by atoms with Gasteiger partial charge in [-0.2, -0.15) is 0 Å². The molecule has 13 heavy (non-hydrogen) atoms. The van der Waals surface area contributed by atoms with Crippen LogP contribution in [0.5, 0.6) is 0 Å². The summed E-state index contributed by atoms with van der Waals surface area (Å²) >= 11 is 1.64. The smallest absolute Gasteiger partial charge is 0.127 e. The summed E-state index contributed by atoms with van der Waals surface area (Å²) in [6.07, 6.45) is 1.76. The van der Waals surface area contributed by atoms with Crippen molar-refractivity contribution in [1.82, 2.24) is 9.88 Å². The third-order valence-electron chi connectivity index (χ3n) is 1.60. The van der Waals surface area contributed by atoms with Gasteiger partial charge in [0.1, 0.15) is 11.1 Å². The van der Waals surface area contributed by atoms with E-state index >= 15 is 0 Å². The van der Waals surface area contributed by atoms with Crippen LogP contribution in [0, 0.1) is 0 Å². The molecule has 0 aliphatic rings. The fourth-order valence-electron chi connectivity index (χ4n) is 0.954. The van der Waals surface area contributed by atoms with Crippen molar-refractivity contribution in [2.24, 2.45) is 5.90 Å². The molecule has 0 radical (unpaired) electrons. The highest BCUT2D eigenvalue weighted by molar-refractivity contribution is 7.11. The van der Waals surface area contributed by atoms with Crippen LogP contribution in [0.25, 0.3) is 0 Å². The van der Waals surface area contributed by atoms with E-state index in [0.717, 1.165) is 11.6 Å². The third kappa shape index (κ3) is 3.04. The highest BCUT2D eigenvalue weighted by Crippen LogP contribution is 2.21. The van der Waals surface area contributed by atoms with Crippen LogP contribution in [0.1, 0.15) is 22.9 Å². The van der Waals surface area contributed by atoms with E-state index in [1.165, 1.54) is 4.88 Å². The van der Waals surface area contributed by atoms with Crippen molar-refractivity contribution >= 4 is 11.3 Å². The van der Waals surface area contributed by atoms with Crippen LogP contribution in [-0.4, -0.2) is 24.0 Å². The Balaban J connectivity index is 2.63. The normalized spacial score (nSPS) is 13.6. The highest BCUT2D eigenvalue weighted by atomic mass is 32.1. The summed E-state index contributed by atoms with van der Waals surface area (Å²) in [6.45, 7) is 2.80. The Kier molecular flexibility index (Phi) is 3.80. The van der Waals surface area contributed by atoms with E-state index in [9.17, 15) is 0 Å². The molecule has 1 aromatic heterocycles. The van der Waals surface area contributed by atoms with Gasteiger partial charge in [-0.05, 0) is 21.0 Å². The van der Waals surface area contributed by atoms with Crippen molar-refractivity contribution in [3.63, 3.8) is 0 Å². The van der Waals surface area contributed by atoms with Crippen molar-refractivity contribution in [3.05, 3.63) is 16.1 Å². The molecule has 2 N–H and O–H groups in total. The molecule has 0 spiro atoms. The quantitative estimate of drug-likeness (QED) is 0.743. The largest absolute Gasteiger partial charge is 0.304 e. The number of thiazole rings is 1. The Morgan fingerprint density at radius 2 is 2.38 bits per heavy atom. The van der Waals surface area contributed by atoms with E-state index in [0.29, 0.717) is 0 Å². The SMILES string of the molecule is CC(ON)c1ncc(CN(C)C)s1. The first-order chi connectivity index (χ1) is 6.13. The van der Waals surface area contributed by atoms with Crippen LogP contribution in [-0.2, 0) is 11.4 Å². The number of hydrogen-bond acceptors (Lipinski definition) is 5. The maximum Gasteiger partial charge on any atom is 0.127 e. The second-order valence-corrected chi connectivity index (χ2v) is 4.33. The minimum atomic E-state index is -0.110. The standard InChI is InChI=1S/C8H15N3OS/c1-6(12-9)8-10-4-7(13-8)5-11(2)3/h4,6H,5,9H2,1-3H3. The summed E-state index contributed by atoms with van der Waals surface area (Å²) < 4.78 is 0. The van der Waals surface area contributed by atoms with Crippen molar-refractivity contribution in [2.45, 2.75) is 19.6 Å². The highest BCUT2D eigenvalue weighted by Gasteiger charge is 2.09. The Hall–Kier alpha value is -0.490. The van der Waals surface area contributed by atoms with E-state index < -0.39 is 0 Å². The first kappa shape index (κ1) is 10.6. The molecule has 1 aromatic rings. The molecular weight excluding hydrogens is 186 g/mol. The lowest BCUT2D eigenvalue weighted by Crippen LogP contribution is -2.09. The van der Waals surface area contributed by atoms with Gasteiger partial charge in [-0.15, -0.1) is 11.3 Å². The van der Waals surface area contributed by atoms with Gasteiger partial charge < -0.3 is 4.90 Å². The van der Waals surface area contributed by atoms with Crippen LogP contribution in [0.3, 0.4) is 0 Å². The van der Waals surface area contributed by atoms with Crippen LogP contribution >= 0.6 is 11.3 Å². The number of aromatic nitrogens is 1. The predicted octanol–water partition coefficient (Wildman–Crippen LogP) is 1.16. The van der Waals surface area contributed by atoms with Gasteiger partial charge in [0.15, 0.2) is 0 Å². The molecule has 0 aromatic carbocycles. The lowest BCUT2D eigenvalue weighted by Gasteiger charge is -2.06. The molecule has 0 aliphatic carbocycles. The number of hydrogen-bond donors (Lipinski definition) is 1. The molecule has 0 amide bonds. The van der Waals surface area contributed by atoms with Gasteiger partial charge in [-0.1, -0.05) is 0 Å². The van der Waals surface area contributed by atoms with Crippen LogP contribution < -0.4 is 5.90 Å². The van der Waals surface area contributed by atoms with E-state index in [-0.39, 0.29) is 6.10 Å². The Morgan fingerprint density at radius 1 is 1.69 bits per heavy atom. The fourth-order valence-corrected chi connectivity index (χ4v) is 1.98. The Morgan fingerprint density at radius 3 is 2.92 bits per heavy atom. The van der Waals surface area contributed by atoms with Gasteiger partial charge in [0, 0.05) is 17.6 Å². The van der Waals surface area contributed by atoms with E-state index in [4.69, 9.17) is 5.90 Å². The average molecular weight is 201 g/mol. The third-order valence-corrected chi connectivity index (χ3v) is 2.74. The molecule has 0 aliphatic heterocycles. The van der Waals surface area contributed by atoms with E-state index in [1.807, 2.05) is 27.2 Å². The molecule has 0 bridgehead atoms. The van der Waals surface area contributed by atoms with Gasteiger partial charge in [-0.25, -0.2) is 10.9 Å². The summed E-state index contributed by atoms with van der Waals surface area (Å²) in [5.41, 5.74) is 0. The first-order valence-corrected chi connectivity index (χ1v) is 4.90. The van der Waals surface area contributed by atoms with Gasteiger partial charge in [0.25, 0.3) is 0 Å². The summed E-state index contributed by atoms with van der Waals surface area (Å²) in [5.74, 6) is 5.07. The molecule has 5 heteroatoms. The molecule has 0 saturated carbocycles. The molecule has 74 valence electrons. The summed E-state index contributed by atoms with van der Waals surface area (Å²) in [5, 5.41) is 0.930. The molecule has 1 atom stereocenters. The minimum absolute atomic E-state index is 0.110. The lowest BCUT2D eigenvalue weighted by atomic mass is 10.4. The van der Waals surface area contributed by atoms with Gasteiger partial charge in [0.2, 0.25) is 0 Å². The minimum Gasteiger partial charge on any atom is -0.304 e. The van der Waals surface area contributed by atoms with Crippen molar-refractivity contribution in [1.29, 1.82) is 0 Å². The maximum atomic E-state index is 5.07. The molecule has 1 rings (SSSR count). The monoisotopic (exact) mass is 201 g/mol. The number of rotatable bonds is 4. The predicted molar refractivity (Wildman–Crippen MR) is 53.2 cm³/mol. The van der Waals surface area contributed by atoms with Crippen LogP contribution in [0.15, 0.2) is 6.20 Å². The molecule has 4 nitrogen and oxygen atoms in total. The van der Waals surface area contributed by atoms with Crippen LogP contribution in [0.2, 0.25) is 0 Å². The molecule has 0 saturated heterocycles. The van der Waals surface area contributed by atoms with E-state index in [1.54, 1.807) is 11.3 Å². The number of nitrogens with two attached hydrogens (primary N) is 1. The first-order valence-electron chi connectivity index (χ1n) is 4.08. The second-order valence-electron chi connectivity index (χ2n) is 3.18. The van der Waals surface area contributed by atoms with Crippen molar-refractivity contribution in [2.75, 3.05) is 14.1 Å². The molecule has 0 fully saturated rings. The van der Waals surface area contributed by atoms with Gasteiger partial charge in [0.05, 0.1) is 0 Å². The van der Waals surface area contributed by atoms with Gasteiger partial charge in [-0.3, -0.25) is 4.84 Å². The Bertz CT molecular complexity index is 262. The maximum absolute atomic E-state index is 5.07. The molecular formula is C8H15N3OS. The molecule has 1 heterocycles. The number of nitrogens with zero attached hydrogens (tertiary/aromatic N) is 2. The van der Waals surface area contributed by atoms with Gasteiger partial charge >= 0.3 is 0 Å². The van der Waals surface area contributed by atoms with E-state index in [2.05, 4.69) is 14.7 Å². The van der Waals surface area contributed by atoms with Crippen LogP contribution in [0.4, 0.5) is 0 Å². The average Bonchev–Trinajstić information content (AvgIpc) is 2.50. The molecule has 1 unspecified atom stereocenters. The second kappa shape index (κ2) is 4.66. The summed E-state index contributed by atoms with van der Waals surface area (Å²) in [6, 6.07) is 0. The lowest BCUT2D eigenvalue weighted by molar-refractivity contribution is 0.0662. The Labute approximate surface area is 82.3 Å². The zero-order valence-corrected chi connectivity index (χ0v) is 8.97. The van der Waals surface area contributed by atoms with Crippen molar-refractivity contribution < 1.29 is 4.84 Å². The zero-order valence-electron chi connectivity index (χ0n) is 8.15. The summed E-state index contributed by atoms with van der Waals surface area (Å²) in [7, 11) is 4.06.